The molecule has 0 bridgehead atoms. The Bertz CT molecular complexity index is 1560. The van der Waals surface area contributed by atoms with Gasteiger partial charge in [0, 0.05) is 5.56 Å². The number of nitrogens with zero attached hydrogens (tertiary/aromatic N) is 2. The van der Waals surface area contributed by atoms with Crippen molar-refractivity contribution in [3.8, 4) is 34.2 Å². The summed E-state index contributed by atoms with van der Waals surface area (Å²) in [4.78, 5) is 27.1. The van der Waals surface area contributed by atoms with Gasteiger partial charge < -0.3 is 4.42 Å². The van der Waals surface area contributed by atoms with E-state index in [9.17, 15) is 9.59 Å². The van der Waals surface area contributed by atoms with Crippen molar-refractivity contribution in [3.05, 3.63) is 123 Å². The molecule has 182 valence electrons. The van der Waals surface area contributed by atoms with Gasteiger partial charge >= 0.3 is 17.1 Å². The smallest absolute Gasteiger partial charge is 0.421 e. The van der Waals surface area contributed by atoms with Gasteiger partial charge in [0.1, 0.15) is 17.1 Å². The van der Waals surface area contributed by atoms with Crippen molar-refractivity contribution < 1.29 is 37.9 Å². The average molecular weight is 507 g/mol. The Balaban J connectivity index is 0.000000556. The lowest BCUT2D eigenvalue weighted by atomic mass is 10.1. The normalized spacial score (nSPS) is 11.1. The van der Waals surface area contributed by atoms with Gasteiger partial charge in [-0.25, -0.2) is 23.4 Å². The molecular weight excluding hydrogens is 488 g/mol. The first kappa shape index (κ1) is 25.0. The number of hydrogen-bond acceptors (Lipinski definition) is 7. The van der Waals surface area contributed by atoms with Crippen LogP contribution in [0.5, 0.6) is 0 Å². The lowest BCUT2D eigenvalue weighted by Crippen LogP contribution is -2.68. The molecular formula is C26H19ClN2O7. The largest absolute Gasteiger partial charge is 0.514 e. The van der Waals surface area contributed by atoms with E-state index in [1.807, 2.05) is 79.7 Å². The molecule has 0 unspecified atom stereocenters. The molecule has 0 aliphatic carbocycles. The van der Waals surface area contributed by atoms with Gasteiger partial charge in [0.25, 0.3) is 0 Å². The Hall–Kier alpha value is -4.12. The predicted molar refractivity (Wildman–Crippen MR) is 119 cm³/mol. The van der Waals surface area contributed by atoms with Crippen LogP contribution in [0.3, 0.4) is 0 Å². The zero-order chi connectivity index (χ0) is 25.9. The van der Waals surface area contributed by atoms with E-state index >= 15 is 0 Å². The summed E-state index contributed by atoms with van der Waals surface area (Å²) < 4.78 is 42.8. The number of aryl methyl sites for hydroxylation is 1. The third-order valence-electron chi connectivity index (χ3n) is 5.25. The van der Waals surface area contributed by atoms with Crippen LogP contribution in [-0.2, 0) is 0 Å². The molecule has 3 aromatic rings. The quantitative estimate of drug-likeness (QED) is 0.296. The van der Waals surface area contributed by atoms with Crippen LogP contribution < -0.4 is 34.5 Å². The van der Waals surface area contributed by atoms with E-state index in [4.69, 9.17) is 23.1 Å². The van der Waals surface area contributed by atoms with E-state index in [0.29, 0.717) is 22.7 Å². The SMILES string of the molecule is Cc1cc(-c2ccccc2)oc2[n+](-c3ccccc3)c(=O)n(-c3ccccc3)c(=O)c1-2.[O-][Cl+3]([O-])([O-])[O-]. The molecule has 0 N–H and O–H groups in total. The molecule has 0 fully saturated rings. The van der Waals surface area contributed by atoms with Crippen molar-refractivity contribution in [2.24, 2.45) is 0 Å². The number of aromatic nitrogens is 2. The third-order valence-corrected chi connectivity index (χ3v) is 5.25. The second-order valence-corrected chi connectivity index (χ2v) is 8.40. The number of rotatable bonds is 3. The number of fused-ring (bicyclic) bond motifs is 1. The fourth-order valence-electron chi connectivity index (χ4n) is 3.78. The lowest BCUT2D eigenvalue weighted by Gasteiger charge is -2.17. The molecule has 0 radical (unpaired) electrons. The highest BCUT2D eigenvalue weighted by molar-refractivity contribution is 5.65. The molecule has 2 aliphatic heterocycles. The molecule has 0 amide bonds. The molecule has 36 heavy (non-hydrogen) atoms. The summed E-state index contributed by atoms with van der Waals surface area (Å²) in [6.45, 7) is 1.86. The molecule has 10 heteroatoms. The minimum Gasteiger partial charge on any atom is -0.421 e. The molecule has 0 spiro atoms. The zero-order valence-electron chi connectivity index (χ0n) is 18.9. The Morgan fingerprint density at radius 2 is 1.28 bits per heavy atom. The topological polar surface area (TPSA) is 148 Å². The number of benzene rings is 3. The van der Waals surface area contributed by atoms with Gasteiger partial charge in [0.2, 0.25) is 0 Å². The summed E-state index contributed by atoms with van der Waals surface area (Å²) in [6.07, 6.45) is 0. The molecule has 2 aliphatic rings. The Morgan fingerprint density at radius 1 is 0.778 bits per heavy atom. The van der Waals surface area contributed by atoms with Crippen LogP contribution in [0.1, 0.15) is 5.56 Å². The van der Waals surface area contributed by atoms with Crippen LogP contribution in [0.15, 0.2) is 111 Å². The molecule has 0 atom stereocenters. The Morgan fingerprint density at radius 3 is 1.83 bits per heavy atom. The monoisotopic (exact) mass is 506 g/mol. The van der Waals surface area contributed by atoms with Crippen molar-refractivity contribution in [1.82, 2.24) is 4.57 Å². The van der Waals surface area contributed by atoms with Crippen LogP contribution in [0.4, 0.5) is 0 Å². The molecule has 9 nitrogen and oxygen atoms in total. The van der Waals surface area contributed by atoms with Gasteiger partial charge in [-0.3, -0.25) is 0 Å². The van der Waals surface area contributed by atoms with Crippen molar-refractivity contribution in [2.45, 2.75) is 6.92 Å². The number of halogens is 1. The van der Waals surface area contributed by atoms with E-state index < -0.39 is 21.5 Å². The van der Waals surface area contributed by atoms with Gasteiger partial charge in [-0.2, -0.15) is 4.79 Å². The standard InChI is InChI=1S/C26H19N2O3.ClHO4/c1-18-17-22(19-11-5-2-6-12-19)31-25-23(18)24(29)27(20-13-7-3-8-14-20)26(30)28(25)21-15-9-4-10-16-21;2-1(3,4)5/h2-17H,1H3;(H,2,3,4,5)/q+1;/p-1. The molecule has 2 heterocycles. The average Bonchev–Trinajstić information content (AvgIpc) is 2.84. The molecule has 0 aromatic heterocycles. The highest BCUT2D eigenvalue weighted by Crippen LogP contribution is 2.28. The van der Waals surface area contributed by atoms with E-state index in [1.54, 1.807) is 24.3 Å². The molecule has 3 aromatic carbocycles. The van der Waals surface area contributed by atoms with Gasteiger partial charge in [0.05, 0.1) is 0 Å². The minimum atomic E-state index is -4.94. The first-order chi connectivity index (χ1) is 17.1. The van der Waals surface area contributed by atoms with E-state index in [1.165, 1.54) is 9.13 Å². The van der Waals surface area contributed by atoms with Crippen molar-refractivity contribution in [2.75, 3.05) is 0 Å². The van der Waals surface area contributed by atoms with Gasteiger partial charge in [-0.05, 0) is 42.8 Å². The fourth-order valence-corrected chi connectivity index (χ4v) is 3.78. The van der Waals surface area contributed by atoms with Crippen molar-refractivity contribution in [3.63, 3.8) is 0 Å². The van der Waals surface area contributed by atoms with E-state index in [-0.39, 0.29) is 5.89 Å². The first-order valence-corrected chi connectivity index (χ1v) is 11.8. The highest BCUT2D eigenvalue weighted by atomic mass is 35.7. The van der Waals surface area contributed by atoms with Crippen molar-refractivity contribution >= 4 is 0 Å². The van der Waals surface area contributed by atoms with Gasteiger partial charge in [-0.15, -0.1) is 19.4 Å². The summed E-state index contributed by atoms with van der Waals surface area (Å²) in [5.41, 5.74) is 2.21. The zero-order valence-corrected chi connectivity index (χ0v) is 19.6. The number of para-hydroxylation sites is 2. The van der Waals surface area contributed by atoms with E-state index in [2.05, 4.69) is 0 Å². The maximum absolute atomic E-state index is 13.6. The fraction of sp³-hybridized carbons (Fsp3) is 0.0385. The molecule has 5 rings (SSSR count). The van der Waals surface area contributed by atoms with E-state index in [0.717, 1.165) is 11.1 Å². The van der Waals surface area contributed by atoms with Crippen LogP contribution in [-0.4, -0.2) is 4.57 Å². The second kappa shape index (κ2) is 10.2. The summed E-state index contributed by atoms with van der Waals surface area (Å²) >= 11 is 0. The summed E-state index contributed by atoms with van der Waals surface area (Å²) in [5, 5.41) is 0. The maximum Gasteiger partial charge on any atom is 0.514 e. The summed E-state index contributed by atoms with van der Waals surface area (Å²) in [7, 11) is -4.94. The van der Waals surface area contributed by atoms with Gasteiger partial charge in [-0.1, -0.05) is 66.7 Å². The third kappa shape index (κ3) is 5.41. The number of hydrogen-bond donors (Lipinski definition) is 0. The minimum absolute atomic E-state index is 0.229. The van der Waals surface area contributed by atoms with Crippen LogP contribution in [0.25, 0.3) is 34.2 Å². The highest BCUT2D eigenvalue weighted by Gasteiger charge is 2.33. The van der Waals surface area contributed by atoms with Crippen LogP contribution in [0.2, 0.25) is 0 Å². The van der Waals surface area contributed by atoms with Gasteiger partial charge in [0.15, 0.2) is 5.56 Å². The maximum atomic E-state index is 13.6. The molecule has 0 saturated carbocycles. The molecule has 0 saturated heterocycles. The summed E-state index contributed by atoms with van der Waals surface area (Å²) in [5.74, 6) is 0.818. The Kier molecular flexibility index (Phi) is 7.11. The Labute approximate surface area is 207 Å². The van der Waals surface area contributed by atoms with Crippen molar-refractivity contribution in [1.29, 1.82) is 0 Å². The second-order valence-electron chi connectivity index (χ2n) is 7.65. The first-order valence-electron chi connectivity index (χ1n) is 10.6. The van der Waals surface area contributed by atoms with Crippen LogP contribution in [0, 0.1) is 17.2 Å². The summed E-state index contributed by atoms with van der Waals surface area (Å²) in [6, 6.07) is 29.6. The van der Waals surface area contributed by atoms with Crippen LogP contribution >= 0.6 is 0 Å². The predicted octanol–water partition coefficient (Wildman–Crippen LogP) is -0.608. The lowest BCUT2D eigenvalue weighted by molar-refractivity contribution is -2.00.